The summed E-state index contributed by atoms with van der Waals surface area (Å²) in [6.45, 7) is 8.13. The van der Waals surface area contributed by atoms with Crippen LogP contribution in [0.15, 0.2) is 24.3 Å². The number of amides is 2. The lowest BCUT2D eigenvalue weighted by Gasteiger charge is -2.32. The van der Waals surface area contributed by atoms with Crippen molar-refractivity contribution in [3.8, 4) is 0 Å². The van der Waals surface area contributed by atoms with Gasteiger partial charge >= 0.3 is 0 Å². The average Bonchev–Trinajstić information content (AvgIpc) is 3.64. The van der Waals surface area contributed by atoms with E-state index in [-0.39, 0.29) is 5.91 Å². The summed E-state index contributed by atoms with van der Waals surface area (Å²) in [6, 6.07) is 8.11. The van der Waals surface area contributed by atoms with Crippen LogP contribution in [0.5, 0.6) is 0 Å². The quantitative estimate of drug-likeness (QED) is 0.648. The number of carbonyl (C=O) groups is 2. The van der Waals surface area contributed by atoms with Crippen molar-refractivity contribution < 1.29 is 9.59 Å². The molecule has 170 valence electrons. The van der Waals surface area contributed by atoms with Crippen LogP contribution in [-0.4, -0.2) is 85.9 Å². The Hall–Kier alpha value is -1.92. The Labute approximate surface area is 187 Å². The van der Waals surface area contributed by atoms with Gasteiger partial charge in [-0.05, 0) is 75.7 Å². The van der Waals surface area contributed by atoms with Crippen molar-refractivity contribution in [3.63, 3.8) is 0 Å². The number of likely N-dealkylation sites (N-methyl/N-ethyl adjacent to an activating group) is 1. The van der Waals surface area contributed by atoms with Crippen molar-refractivity contribution >= 4 is 11.8 Å². The number of piperidine rings is 1. The molecule has 2 aliphatic heterocycles. The molecule has 6 heteroatoms. The van der Waals surface area contributed by atoms with Crippen LogP contribution in [-0.2, 0) is 11.2 Å². The molecule has 1 saturated carbocycles. The van der Waals surface area contributed by atoms with E-state index in [4.69, 9.17) is 0 Å². The molecule has 1 N–H and O–H groups in total. The zero-order chi connectivity index (χ0) is 21.6. The molecule has 0 aromatic heterocycles. The van der Waals surface area contributed by atoms with Gasteiger partial charge in [0.15, 0.2) is 0 Å². The first kappa shape index (κ1) is 22.3. The molecule has 6 nitrogen and oxygen atoms in total. The first-order chi connectivity index (χ1) is 15.1. The molecule has 1 aliphatic carbocycles. The van der Waals surface area contributed by atoms with Crippen LogP contribution < -0.4 is 5.32 Å². The number of likely N-dealkylation sites (tertiary alicyclic amines) is 1. The van der Waals surface area contributed by atoms with Gasteiger partial charge in [0.05, 0.1) is 0 Å². The largest absolute Gasteiger partial charge is 0.352 e. The number of nitrogens with zero attached hydrogens (tertiary/aromatic N) is 3. The zero-order valence-electron chi connectivity index (χ0n) is 19.0. The van der Waals surface area contributed by atoms with Crippen molar-refractivity contribution in [1.82, 2.24) is 20.0 Å². The molecule has 0 unspecified atom stereocenters. The maximum absolute atomic E-state index is 12.4. The normalized spacial score (nSPS) is 21.3. The zero-order valence-corrected chi connectivity index (χ0v) is 19.0. The van der Waals surface area contributed by atoms with Gasteiger partial charge in [-0.15, -0.1) is 0 Å². The smallest absolute Gasteiger partial charge is 0.251 e. The summed E-state index contributed by atoms with van der Waals surface area (Å²) >= 11 is 0. The van der Waals surface area contributed by atoms with Crippen molar-refractivity contribution in [2.24, 2.45) is 11.8 Å². The van der Waals surface area contributed by atoms with Crippen molar-refractivity contribution in [3.05, 3.63) is 35.4 Å². The second kappa shape index (κ2) is 10.6. The third-order valence-electron chi connectivity index (χ3n) is 7.13. The fraction of sp³-hybridized carbons (Fsp3) is 0.680. The van der Waals surface area contributed by atoms with Crippen LogP contribution in [0.2, 0.25) is 0 Å². The van der Waals surface area contributed by atoms with Crippen molar-refractivity contribution in [2.75, 3.05) is 59.4 Å². The van der Waals surface area contributed by atoms with Crippen LogP contribution >= 0.6 is 0 Å². The summed E-state index contributed by atoms with van der Waals surface area (Å²) in [4.78, 5) is 31.5. The topological polar surface area (TPSA) is 55.9 Å². The first-order valence-electron chi connectivity index (χ1n) is 12.2. The summed E-state index contributed by atoms with van der Waals surface area (Å²) in [5, 5.41) is 3.06. The van der Waals surface area contributed by atoms with Gasteiger partial charge in [-0.1, -0.05) is 12.1 Å². The lowest BCUT2D eigenvalue weighted by Crippen LogP contribution is -2.45. The SMILES string of the molecule is CN1CCN(CCCNC(=O)c2ccc(CC3CCN(C(=O)C4CC4)CC3)cc2)CC1. The van der Waals surface area contributed by atoms with Gasteiger partial charge in [0, 0.05) is 57.3 Å². The van der Waals surface area contributed by atoms with Crippen LogP contribution in [0.4, 0.5) is 0 Å². The molecule has 2 saturated heterocycles. The van der Waals surface area contributed by atoms with E-state index in [1.807, 2.05) is 12.1 Å². The molecule has 0 radical (unpaired) electrons. The highest BCUT2D eigenvalue weighted by Gasteiger charge is 2.34. The Balaban J connectivity index is 1.13. The predicted molar refractivity (Wildman–Crippen MR) is 123 cm³/mol. The molecule has 1 aromatic rings. The highest BCUT2D eigenvalue weighted by Crippen LogP contribution is 2.32. The third-order valence-corrected chi connectivity index (χ3v) is 7.13. The monoisotopic (exact) mass is 426 g/mol. The van der Waals surface area contributed by atoms with Crippen LogP contribution in [0.1, 0.15) is 48.0 Å². The number of hydrogen-bond donors (Lipinski definition) is 1. The molecular weight excluding hydrogens is 388 g/mol. The summed E-state index contributed by atoms with van der Waals surface area (Å²) in [5.74, 6) is 1.38. The Bertz CT molecular complexity index is 730. The highest BCUT2D eigenvalue weighted by molar-refractivity contribution is 5.94. The molecule has 1 aromatic carbocycles. The van der Waals surface area contributed by atoms with E-state index in [1.165, 1.54) is 5.56 Å². The summed E-state index contributed by atoms with van der Waals surface area (Å²) in [6.07, 6.45) is 6.40. The Kier molecular flexibility index (Phi) is 7.62. The molecule has 2 amide bonds. The van der Waals surface area contributed by atoms with Crippen molar-refractivity contribution in [2.45, 2.75) is 38.5 Å². The van der Waals surface area contributed by atoms with Crippen LogP contribution in [0.25, 0.3) is 0 Å². The lowest BCUT2D eigenvalue weighted by atomic mass is 9.89. The maximum Gasteiger partial charge on any atom is 0.251 e. The molecular formula is C25H38N4O2. The molecule has 31 heavy (non-hydrogen) atoms. The summed E-state index contributed by atoms with van der Waals surface area (Å²) in [5.41, 5.74) is 2.03. The van der Waals surface area contributed by atoms with E-state index in [2.05, 4.69) is 39.2 Å². The molecule has 4 rings (SSSR count). The maximum atomic E-state index is 12.4. The van der Waals surface area contributed by atoms with E-state index in [0.29, 0.717) is 17.7 Å². The van der Waals surface area contributed by atoms with E-state index in [1.54, 1.807) is 0 Å². The van der Waals surface area contributed by atoms with E-state index in [0.717, 1.165) is 96.4 Å². The minimum absolute atomic E-state index is 0.0248. The molecule has 3 fully saturated rings. The predicted octanol–water partition coefficient (Wildman–Crippen LogP) is 2.25. The van der Waals surface area contributed by atoms with Crippen molar-refractivity contribution in [1.29, 1.82) is 0 Å². The Morgan fingerprint density at radius 1 is 0.935 bits per heavy atom. The highest BCUT2D eigenvalue weighted by atomic mass is 16.2. The number of nitrogens with one attached hydrogen (secondary N) is 1. The number of carbonyl (C=O) groups excluding carboxylic acids is 2. The van der Waals surface area contributed by atoms with Crippen LogP contribution in [0.3, 0.4) is 0 Å². The fourth-order valence-corrected chi connectivity index (χ4v) is 4.75. The molecule has 0 bridgehead atoms. The minimum atomic E-state index is 0.0248. The van der Waals surface area contributed by atoms with Gasteiger partial charge in [-0.2, -0.15) is 0 Å². The van der Waals surface area contributed by atoms with E-state index < -0.39 is 0 Å². The van der Waals surface area contributed by atoms with Gasteiger partial charge in [-0.3, -0.25) is 9.59 Å². The van der Waals surface area contributed by atoms with Gasteiger partial charge < -0.3 is 20.0 Å². The van der Waals surface area contributed by atoms with Gasteiger partial charge in [0.1, 0.15) is 0 Å². The molecule has 0 atom stereocenters. The number of hydrogen-bond acceptors (Lipinski definition) is 4. The van der Waals surface area contributed by atoms with Gasteiger partial charge in [0.25, 0.3) is 5.91 Å². The fourth-order valence-electron chi connectivity index (χ4n) is 4.75. The molecule has 2 heterocycles. The Morgan fingerprint density at radius 2 is 1.61 bits per heavy atom. The van der Waals surface area contributed by atoms with Gasteiger partial charge in [0.2, 0.25) is 5.91 Å². The van der Waals surface area contributed by atoms with Gasteiger partial charge in [-0.25, -0.2) is 0 Å². The van der Waals surface area contributed by atoms with Crippen LogP contribution in [0, 0.1) is 11.8 Å². The first-order valence-corrected chi connectivity index (χ1v) is 12.2. The minimum Gasteiger partial charge on any atom is -0.352 e. The number of piperazine rings is 1. The second-order valence-electron chi connectivity index (χ2n) is 9.70. The average molecular weight is 427 g/mol. The number of rotatable bonds is 8. The third kappa shape index (κ3) is 6.53. The van der Waals surface area contributed by atoms with E-state index in [9.17, 15) is 9.59 Å². The standard InChI is InChI=1S/C25H38N4O2/c1-27-15-17-28(18-16-27)12-2-11-26-24(30)22-5-3-20(4-6-22)19-21-9-13-29(14-10-21)25(31)23-7-8-23/h3-6,21,23H,2,7-19H2,1H3,(H,26,30). The molecule has 3 aliphatic rings. The lowest BCUT2D eigenvalue weighted by molar-refractivity contribution is -0.133. The second-order valence-corrected chi connectivity index (χ2v) is 9.70. The Morgan fingerprint density at radius 3 is 2.26 bits per heavy atom. The summed E-state index contributed by atoms with van der Waals surface area (Å²) < 4.78 is 0. The molecule has 0 spiro atoms. The van der Waals surface area contributed by atoms with E-state index >= 15 is 0 Å². The number of benzene rings is 1. The summed E-state index contributed by atoms with van der Waals surface area (Å²) in [7, 11) is 2.17.